The monoisotopic (exact) mass is 258 g/mol. The molecule has 2 aromatic rings. The summed E-state index contributed by atoms with van der Waals surface area (Å²) in [5.41, 5.74) is 3.67. The van der Waals surface area contributed by atoms with Crippen molar-refractivity contribution in [3.8, 4) is 11.1 Å². The molecule has 0 saturated carbocycles. The second-order valence-electron chi connectivity index (χ2n) is 5.30. The van der Waals surface area contributed by atoms with E-state index in [0.717, 1.165) is 17.5 Å². The molecule has 2 aromatic carbocycles. The van der Waals surface area contributed by atoms with Gasteiger partial charge < -0.3 is 5.11 Å². The van der Waals surface area contributed by atoms with Crippen molar-refractivity contribution < 1.29 is 9.50 Å². The van der Waals surface area contributed by atoms with E-state index in [1.807, 2.05) is 18.2 Å². The van der Waals surface area contributed by atoms with Crippen molar-refractivity contribution in [1.29, 1.82) is 0 Å². The van der Waals surface area contributed by atoms with Crippen LogP contribution in [0.5, 0.6) is 0 Å². The van der Waals surface area contributed by atoms with E-state index in [2.05, 4.69) is 26.0 Å². The van der Waals surface area contributed by atoms with Gasteiger partial charge in [-0.3, -0.25) is 0 Å². The molecule has 0 aromatic heterocycles. The molecule has 0 saturated heterocycles. The zero-order valence-electron chi connectivity index (χ0n) is 11.4. The van der Waals surface area contributed by atoms with Crippen LogP contribution in [0.25, 0.3) is 11.1 Å². The molecule has 0 radical (unpaired) electrons. The summed E-state index contributed by atoms with van der Waals surface area (Å²) in [6.07, 6.45) is 1.05. The van der Waals surface area contributed by atoms with Crippen molar-refractivity contribution in [2.24, 2.45) is 5.92 Å². The van der Waals surface area contributed by atoms with Gasteiger partial charge in [-0.25, -0.2) is 4.39 Å². The van der Waals surface area contributed by atoms with Gasteiger partial charge in [-0.1, -0.05) is 38.1 Å². The highest BCUT2D eigenvalue weighted by atomic mass is 19.1. The van der Waals surface area contributed by atoms with Crippen LogP contribution < -0.4 is 0 Å². The zero-order valence-corrected chi connectivity index (χ0v) is 11.4. The number of benzene rings is 2. The Hall–Kier alpha value is -1.67. The van der Waals surface area contributed by atoms with E-state index in [-0.39, 0.29) is 12.4 Å². The summed E-state index contributed by atoms with van der Waals surface area (Å²) in [5.74, 6) is 0.314. The third-order valence-electron chi connectivity index (χ3n) is 3.07. The molecule has 0 atom stereocenters. The molecule has 19 heavy (non-hydrogen) atoms. The van der Waals surface area contributed by atoms with Gasteiger partial charge in [-0.15, -0.1) is 0 Å². The Labute approximate surface area is 113 Å². The summed E-state index contributed by atoms with van der Waals surface area (Å²) in [6, 6.07) is 12.9. The number of aliphatic hydroxyl groups is 1. The van der Waals surface area contributed by atoms with Gasteiger partial charge in [-0.05, 0) is 52.8 Å². The molecule has 0 heterocycles. The molecule has 0 spiro atoms. The molecule has 2 heteroatoms. The van der Waals surface area contributed by atoms with Gasteiger partial charge >= 0.3 is 0 Å². The van der Waals surface area contributed by atoms with Crippen molar-refractivity contribution >= 4 is 0 Å². The Kier molecular flexibility index (Phi) is 4.33. The van der Waals surface area contributed by atoms with E-state index >= 15 is 0 Å². The van der Waals surface area contributed by atoms with E-state index < -0.39 is 0 Å². The van der Waals surface area contributed by atoms with Crippen LogP contribution in [0, 0.1) is 11.7 Å². The third-order valence-corrected chi connectivity index (χ3v) is 3.07. The van der Waals surface area contributed by atoms with Crippen LogP contribution in [0.1, 0.15) is 25.0 Å². The lowest BCUT2D eigenvalue weighted by Gasteiger charge is -2.08. The molecule has 0 aliphatic carbocycles. The maximum atomic E-state index is 13.4. The molecule has 0 unspecified atom stereocenters. The predicted molar refractivity (Wildman–Crippen MR) is 76.3 cm³/mol. The van der Waals surface area contributed by atoms with E-state index in [4.69, 9.17) is 5.11 Å². The summed E-state index contributed by atoms with van der Waals surface area (Å²) in [7, 11) is 0. The number of aliphatic hydroxyl groups excluding tert-OH is 1. The van der Waals surface area contributed by atoms with Crippen molar-refractivity contribution in [2.75, 3.05) is 0 Å². The van der Waals surface area contributed by atoms with Crippen LogP contribution >= 0.6 is 0 Å². The van der Waals surface area contributed by atoms with Gasteiger partial charge in [0.05, 0.1) is 6.61 Å². The lowest BCUT2D eigenvalue weighted by molar-refractivity contribution is 0.281. The third kappa shape index (κ3) is 3.65. The number of hydrogen-bond acceptors (Lipinski definition) is 1. The average Bonchev–Trinajstić information content (AvgIpc) is 2.38. The van der Waals surface area contributed by atoms with E-state index in [1.54, 1.807) is 0 Å². The first-order chi connectivity index (χ1) is 9.08. The molecule has 0 aliphatic rings. The highest BCUT2D eigenvalue weighted by Gasteiger charge is 2.04. The van der Waals surface area contributed by atoms with E-state index in [0.29, 0.717) is 11.5 Å². The topological polar surface area (TPSA) is 20.2 Å². The van der Waals surface area contributed by atoms with Gasteiger partial charge in [-0.2, -0.15) is 0 Å². The van der Waals surface area contributed by atoms with E-state index in [1.165, 1.54) is 17.7 Å². The first-order valence-corrected chi connectivity index (χ1v) is 6.58. The first-order valence-electron chi connectivity index (χ1n) is 6.58. The number of rotatable bonds is 4. The Bertz CT molecular complexity index is 544. The quantitative estimate of drug-likeness (QED) is 0.872. The maximum Gasteiger partial charge on any atom is 0.124 e. The van der Waals surface area contributed by atoms with Crippen molar-refractivity contribution in [3.05, 3.63) is 59.4 Å². The fraction of sp³-hybridized carbons (Fsp3) is 0.294. The summed E-state index contributed by atoms with van der Waals surface area (Å²) >= 11 is 0. The minimum Gasteiger partial charge on any atom is -0.392 e. The Balaban J connectivity index is 2.29. The van der Waals surface area contributed by atoms with Gasteiger partial charge in [0.2, 0.25) is 0 Å². The molecule has 100 valence electrons. The van der Waals surface area contributed by atoms with Crippen LogP contribution in [0.2, 0.25) is 0 Å². The summed E-state index contributed by atoms with van der Waals surface area (Å²) in [5, 5.41) is 9.11. The predicted octanol–water partition coefficient (Wildman–Crippen LogP) is 4.18. The van der Waals surface area contributed by atoms with Gasteiger partial charge in [0, 0.05) is 0 Å². The minimum absolute atomic E-state index is 0.143. The lowest BCUT2D eigenvalue weighted by Crippen LogP contribution is -1.93. The summed E-state index contributed by atoms with van der Waals surface area (Å²) in [4.78, 5) is 0. The van der Waals surface area contributed by atoms with Crippen LogP contribution in [-0.2, 0) is 13.0 Å². The van der Waals surface area contributed by atoms with Crippen LogP contribution in [-0.4, -0.2) is 5.11 Å². The maximum absolute atomic E-state index is 13.4. The second-order valence-corrected chi connectivity index (χ2v) is 5.30. The Morgan fingerprint density at radius 2 is 1.63 bits per heavy atom. The molecule has 0 fully saturated rings. The lowest BCUT2D eigenvalue weighted by atomic mass is 9.98. The first kappa shape index (κ1) is 13.8. The SMILES string of the molecule is CC(C)Cc1ccc(-c2cc(F)cc(CO)c2)cc1. The zero-order chi connectivity index (χ0) is 13.8. The second kappa shape index (κ2) is 5.98. The fourth-order valence-electron chi connectivity index (χ4n) is 2.21. The highest BCUT2D eigenvalue weighted by molar-refractivity contribution is 5.64. The number of halogens is 1. The fourth-order valence-corrected chi connectivity index (χ4v) is 2.21. The molecule has 1 N–H and O–H groups in total. The van der Waals surface area contributed by atoms with Crippen LogP contribution in [0.4, 0.5) is 4.39 Å². The van der Waals surface area contributed by atoms with Crippen LogP contribution in [0.3, 0.4) is 0 Å². The van der Waals surface area contributed by atoms with Gasteiger partial charge in [0.25, 0.3) is 0 Å². The molecule has 2 rings (SSSR count). The average molecular weight is 258 g/mol. The van der Waals surface area contributed by atoms with Crippen molar-refractivity contribution in [1.82, 2.24) is 0 Å². The van der Waals surface area contributed by atoms with E-state index in [9.17, 15) is 4.39 Å². The molecule has 0 aliphatic heterocycles. The van der Waals surface area contributed by atoms with Crippen molar-refractivity contribution in [2.45, 2.75) is 26.9 Å². The van der Waals surface area contributed by atoms with Gasteiger partial charge in [0.15, 0.2) is 0 Å². The van der Waals surface area contributed by atoms with Crippen molar-refractivity contribution in [3.63, 3.8) is 0 Å². The van der Waals surface area contributed by atoms with Crippen LogP contribution in [0.15, 0.2) is 42.5 Å². The Morgan fingerprint density at radius 1 is 0.947 bits per heavy atom. The minimum atomic E-state index is -0.312. The summed E-state index contributed by atoms with van der Waals surface area (Å²) in [6.45, 7) is 4.23. The van der Waals surface area contributed by atoms with Gasteiger partial charge in [0.1, 0.15) is 5.82 Å². The standard InChI is InChI=1S/C17H19FO/c1-12(2)7-13-3-5-15(6-4-13)16-8-14(11-19)9-17(18)10-16/h3-6,8-10,12,19H,7,11H2,1-2H3. The molecule has 0 bridgehead atoms. The summed E-state index contributed by atoms with van der Waals surface area (Å²) < 4.78 is 13.4. The molecule has 1 nitrogen and oxygen atoms in total. The molecule has 0 amide bonds. The normalized spacial score (nSPS) is 11.0. The highest BCUT2D eigenvalue weighted by Crippen LogP contribution is 2.23. The largest absolute Gasteiger partial charge is 0.392 e. The smallest absolute Gasteiger partial charge is 0.124 e. The number of hydrogen-bond donors (Lipinski definition) is 1. The Morgan fingerprint density at radius 3 is 2.21 bits per heavy atom. The molecular weight excluding hydrogens is 239 g/mol. The molecular formula is C17H19FO.